The van der Waals surface area contributed by atoms with Crippen molar-refractivity contribution in [2.75, 3.05) is 6.61 Å². The summed E-state index contributed by atoms with van der Waals surface area (Å²) in [6.45, 7) is 5.50. The average molecular weight is 509 g/mol. The quantitative estimate of drug-likeness (QED) is 0.261. The number of carbonyl (C=O) groups is 2. The van der Waals surface area contributed by atoms with Crippen LogP contribution in [0.25, 0.3) is 22.0 Å². The van der Waals surface area contributed by atoms with Crippen molar-refractivity contribution in [1.82, 2.24) is 10.1 Å². The first kappa shape index (κ1) is 25.2. The second kappa shape index (κ2) is 11.3. The molecule has 0 aliphatic carbocycles. The van der Waals surface area contributed by atoms with Gasteiger partial charge in [-0.1, -0.05) is 47.6 Å². The van der Waals surface area contributed by atoms with E-state index in [1.807, 2.05) is 29.6 Å². The van der Waals surface area contributed by atoms with Gasteiger partial charge in [0.1, 0.15) is 22.6 Å². The second-order valence-electron chi connectivity index (χ2n) is 8.12. The summed E-state index contributed by atoms with van der Waals surface area (Å²) in [6, 6.07) is 13.7. The van der Waals surface area contributed by atoms with Gasteiger partial charge < -0.3 is 14.0 Å². The normalized spacial score (nSPS) is 11.8. The molecular weight excluding hydrogens is 483 g/mol. The van der Waals surface area contributed by atoms with Crippen molar-refractivity contribution in [2.45, 2.75) is 39.7 Å². The summed E-state index contributed by atoms with van der Waals surface area (Å²) in [7, 11) is 0. The number of thiazole rings is 1. The van der Waals surface area contributed by atoms with Crippen LogP contribution in [0.3, 0.4) is 0 Å². The van der Waals surface area contributed by atoms with E-state index in [4.69, 9.17) is 14.0 Å². The van der Waals surface area contributed by atoms with Crippen molar-refractivity contribution < 1.29 is 28.0 Å². The highest BCUT2D eigenvalue weighted by molar-refractivity contribution is 7.13. The van der Waals surface area contributed by atoms with E-state index in [0.29, 0.717) is 34.9 Å². The third-order valence-electron chi connectivity index (χ3n) is 5.55. The number of ether oxygens (including phenoxy) is 2. The van der Waals surface area contributed by atoms with Gasteiger partial charge in [-0.15, -0.1) is 11.3 Å². The van der Waals surface area contributed by atoms with Gasteiger partial charge in [0.05, 0.1) is 25.1 Å². The Labute approximate surface area is 211 Å². The lowest BCUT2D eigenvalue weighted by Crippen LogP contribution is -2.13. The molecule has 4 aromatic rings. The molecule has 186 valence electrons. The molecule has 2 aromatic carbocycles. The molecule has 4 rings (SSSR count). The number of aromatic nitrogens is 2. The topological polar surface area (TPSA) is 91.5 Å². The summed E-state index contributed by atoms with van der Waals surface area (Å²) in [4.78, 5) is 29.0. The molecule has 0 N–H and O–H groups in total. The minimum atomic E-state index is -0.736. The fourth-order valence-corrected chi connectivity index (χ4v) is 4.51. The summed E-state index contributed by atoms with van der Waals surface area (Å²) < 4.78 is 30.0. The Kier molecular flexibility index (Phi) is 7.90. The van der Waals surface area contributed by atoms with Gasteiger partial charge in [0.25, 0.3) is 0 Å². The number of hydrogen-bond acceptors (Lipinski definition) is 8. The minimum absolute atomic E-state index is 0.0844. The average Bonchev–Trinajstić information content (AvgIpc) is 3.47. The third-order valence-corrected chi connectivity index (χ3v) is 6.44. The van der Waals surface area contributed by atoms with E-state index < -0.39 is 17.9 Å². The number of carbonyl (C=O) groups excluding carboxylic acids is 2. The first-order valence-electron chi connectivity index (χ1n) is 11.5. The highest BCUT2D eigenvalue weighted by atomic mass is 32.1. The van der Waals surface area contributed by atoms with E-state index in [1.165, 1.54) is 17.4 Å². The van der Waals surface area contributed by atoms with Crippen LogP contribution in [0.1, 0.15) is 42.3 Å². The predicted molar refractivity (Wildman–Crippen MR) is 133 cm³/mol. The Morgan fingerprint density at radius 1 is 1.08 bits per heavy atom. The van der Waals surface area contributed by atoms with Crippen LogP contribution >= 0.6 is 11.3 Å². The van der Waals surface area contributed by atoms with Crippen molar-refractivity contribution in [3.8, 4) is 22.0 Å². The molecule has 0 radical (unpaired) electrons. The summed E-state index contributed by atoms with van der Waals surface area (Å²) in [5.74, 6) is -0.823. The monoisotopic (exact) mass is 508 g/mol. The van der Waals surface area contributed by atoms with Crippen LogP contribution in [-0.2, 0) is 31.9 Å². The zero-order chi connectivity index (χ0) is 25.7. The lowest BCUT2D eigenvalue weighted by atomic mass is 10.1. The maximum Gasteiger partial charge on any atom is 0.311 e. The molecule has 0 spiro atoms. The van der Waals surface area contributed by atoms with Crippen molar-refractivity contribution in [2.24, 2.45) is 0 Å². The van der Waals surface area contributed by atoms with E-state index in [2.05, 4.69) is 10.1 Å². The van der Waals surface area contributed by atoms with Gasteiger partial charge in [0, 0.05) is 22.1 Å². The highest BCUT2D eigenvalue weighted by Gasteiger charge is 2.23. The molecule has 9 heteroatoms. The predicted octanol–water partition coefficient (Wildman–Crippen LogP) is 5.87. The number of rotatable bonds is 9. The fraction of sp³-hybridized carbons (Fsp3) is 0.259. The fourth-order valence-electron chi connectivity index (χ4n) is 3.70. The molecule has 0 saturated carbocycles. The molecule has 7 nitrogen and oxygen atoms in total. The number of esters is 2. The Hall–Kier alpha value is -3.85. The van der Waals surface area contributed by atoms with Crippen LogP contribution in [0.5, 0.6) is 0 Å². The molecular formula is C27H25FN2O5S. The Bertz CT molecular complexity index is 1360. The van der Waals surface area contributed by atoms with Gasteiger partial charge in [-0.2, -0.15) is 0 Å². The molecule has 0 amide bonds. The molecule has 1 atom stereocenters. The minimum Gasteiger partial charge on any atom is -0.466 e. The largest absolute Gasteiger partial charge is 0.466 e. The number of benzene rings is 2. The zero-order valence-electron chi connectivity index (χ0n) is 20.1. The van der Waals surface area contributed by atoms with Crippen LogP contribution in [0, 0.1) is 12.7 Å². The molecule has 2 heterocycles. The maximum atomic E-state index is 14.0. The molecule has 0 saturated heterocycles. The van der Waals surface area contributed by atoms with Gasteiger partial charge >= 0.3 is 11.9 Å². The van der Waals surface area contributed by atoms with Crippen LogP contribution in [0.2, 0.25) is 0 Å². The van der Waals surface area contributed by atoms with E-state index in [9.17, 15) is 14.0 Å². The Morgan fingerprint density at radius 3 is 2.56 bits per heavy atom. The molecule has 0 aliphatic rings. The lowest BCUT2D eigenvalue weighted by Gasteiger charge is -2.14. The van der Waals surface area contributed by atoms with Crippen molar-refractivity contribution in [3.63, 3.8) is 0 Å². The summed E-state index contributed by atoms with van der Waals surface area (Å²) in [5.41, 5.74) is 3.72. The number of halogens is 1. The molecule has 0 fully saturated rings. The van der Waals surface area contributed by atoms with Crippen molar-refractivity contribution in [1.29, 1.82) is 0 Å². The van der Waals surface area contributed by atoms with Gasteiger partial charge in [-0.25, -0.2) is 9.37 Å². The molecule has 0 bridgehead atoms. The van der Waals surface area contributed by atoms with E-state index in [-0.39, 0.29) is 18.8 Å². The smallest absolute Gasteiger partial charge is 0.311 e. The Balaban J connectivity index is 1.47. The summed E-state index contributed by atoms with van der Waals surface area (Å²) >= 11 is 1.42. The first-order valence-corrected chi connectivity index (χ1v) is 12.3. The summed E-state index contributed by atoms with van der Waals surface area (Å²) in [5, 5.41) is 6.60. The Morgan fingerprint density at radius 2 is 1.83 bits per heavy atom. The van der Waals surface area contributed by atoms with Crippen molar-refractivity contribution in [3.05, 3.63) is 82.1 Å². The van der Waals surface area contributed by atoms with Gasteiger partial charge in [0.2, 0.25) is 0 Å². The molecule has 36 heavy (non-hydrogen) atoms. The van der Waals surface area contributed by atoms with Crippen LogP contribution in [0.4, 0.5) is 4.39 Å². The van der Waals surface area contributed by atoms with Crippen LogP contribution in [-0.4, -0.2) is 28.7 Å². The van der Waals surface area contributed by atoms with Crippen molar-refractivity contribution >= 4 is 23.3 Å². The molecule has 0 unspecified atom stereocenters. The number of nitrogens with zero attached hydrogens (tertiary/aromatic N) is 2. The van der Waals surface area contributed by atoms with Crippen LogP contribution in [0.15, 0.2) is 58.4 Å². The zero-order valence-corrected chi connectivity index (χ0v) is 20.9. The molecule has 0 aliphatic heterocycles. The molecule has 2 aromatic heterocycles. The van der Waals surface area contributed by atoms with E-state index in [0.717, 1.165) is 16.1 Å². The third kappa shape index (κ3) is 5.85. The number of hydrogen-bond donors (Lipinski definition) is 0. The van der Waals surface area contributed by atoms with Gasteiger partial charge in [-0.3, -0.25) is 9.59 Å². The lowest BCUT2D eigenvalue weighted by molar-refractivity contribution is -0.148. The van der Waals surface area contributed by atoms with Crippen LogP contribution < -0.4 is 0 Å². The summed E-state index contributed by atoms with van der Waals surface area (Å²) in [6.07, 6.45) is -0.609. The first-order chi connectivity index (χ1) is 17.4. The second-order valence-corrected chi connectivity index (χ2v) is 8.98. The van der Waals surface area contributed by atoms with Gasteiger partial charge in [-0.05, 0) is 32.4 Å². The highest BCUT2D eigenvalue weighted by Crippen LogP contribution is 2.32. The van der Waals surface area contributed by atoms with E-state index in [1.54, 1.807) is 39.0 Å². The standard InChI is InChI=1S/C27H25FN2O5S/c1-4-33-24(31)13-18-9-11-19(12-10-18)27-29-23(15-36-27)26-21(16(2)30-35-26)14-25(32)34-17(3)20-7-5-6-8-22(20)28/h5-12,15,17H,4,13-14H2,1-3H3/t17-/m1/s1. The maximum absolute atomic E-state index is 14.0. The number of aryl methyl sites for hydroxylation is 1. The van der Waals surface area contributed by atoms with Gasteiger partial charge in [0.15, 0.2) is 5.76 Å². The van der Waals surface area contributed by atoms with E-state index >= 15 is 0 Å². The SMILES string of the molecule is CCOC(=O)Cc1ccc(-c2nc(-c3onc(C)c3CC(=O)O[C@H](C)c3ccccc3F)cs2)cc1.